The Kier molecular flexibility index (Phi) is 4.56. The normalized spacial score (nSPS) is 11.0. The molecule has 0 heterocycles. The Balaban J connectivity index is 2.29. The Morgan fingerprint density at radius 2 is 1.95 bits per heavy atom. The van der Waals surface area contributed by atoms with Crippen molar-refractivity contribution in [3.05, 3.63) is 58.9 Å². The maximum absolute atomic E-state index is 13.3. The maximum Gasteiger partial charge on any atom is 0.123 e. The number of rotatable bonds is 4. The number of benzene rings is 2. The maximum atomic E-state index is 13.3. The zero-order chi connectivity index (χ0) is 13.8. The molecule has 0 saturated heterocycles. The molecule has 0 aliphatic carbocycles. The first-order valence-electron chi connectivity index (χ1n) is 6.34. The lowest BCUT2D eigenvalue weighted by atomic mass is 10.0. The fraction of sp³-hybridized carbons (Fsp3) is 0.250. The molecule has 2 aromatic carbocycles. The van der Waals surface area contributed by atoms with Crippen molar-refractivity contribution in [2.24, 2.45) is 0 Å². The standard InChI is InChI=1S/C16H17ClFN/c1-11(2)19-10-12-4-3-5-13(8-12)15-9-14(18)6-7-16(15)17/h3-9,11,19H,10H2,1-2H3. The third-order valence-corrected chi connectivity index (χ3v) is 3.21. The molecule has 1 nitrogen and oxygen atoms in total. The van der Waals surface area contributed by atoms with Gasteiger partial charge in [0.15, 0.2) is 0 Å². The fourth-order valence-corrected chi connectivity index (χ4v) is 2.12. The SMILES string of the molecule is CC(C)NCc1cccc(-c2cc(F)ccc2Cl)c1. The van der Waals surface area contributed by atoms with Gasteiger partial charge in [0.2, 0.25) is 0 Å². The zero-order valence-electron chi connectivity index (χ0n) is 11.1. The summed E-state index contributed by atoms with van der Waals surface area (Å²) < 4.78 is 13.3. The highest BCUT2D eigenvalue weighted by atomic mass is 35.5. The van der Waals surface area contributed by atoms with E-state index >= 15 is 0 Å². The third kappa shape index (κ3) is 3.79. The molecule has 0 aromatic heterocycles. The summed E-state index contributed by atoms with van der Waals surface area (Å²) in [6.07, 6.45) is 0. The molecule has 0 aliphatic rings. The molecule has 2 aromatic rings. The highest BCUT2D eigenvalue weighted by molar-refractivity contribution is 6.33. The number of nitrogens with one attached hydrogen (secondary N) is 1. The van der Waals surface area contributed by atoms with Crippen molar-refractivity contribution in [3.63, 3.8) is 0 Å². The van der Waals surface area contributed by atoms with Crippen molar-refractivity contribution in [2.45, 2.75) is 26.4 Å². The summed E-state index contributed by atoms with van der Waals surface area (Å²) in [6.45, 7) is 5.00. The zero-order valence-corrected chi connectivity index (χ0v) is 11.8. The molecule has 0 radical (unpaired) electrons. The van der Waals surface area contributed by atoms with E-state index in [9.17, 15) is 4.39 Å². The molecule has 19 heavy (non-hydrogen) atoms. The largest absolute Gasteiger partial charge is 0.310 e. The quantitative estimate of drug-likeness (QED) is 0.858. The summed E-state index contributed by atoms with van der Waals surface area (Å²) in [7, 11) is 0. The molecule has 1 N–H and O–H groups in total. The summed E-state index contributed by atoms with van der Waals surface area (Å²) >= 11 is 6.13. The van der Waals surface area contributed by atoms with Crippen molar-refractivity contribution in [3.8, 4) is 11.1 Å². The van der Waals surface area contributed by atoms with Gasteiger partial charge in [-0.25, -0.2) is 4.39 Å². The average molecular weight is 278 g/mol. The van der Waals surface area contributed by atoms with Crippen LogP contribution < -0.4 is 5.32 Å². The Hall–Kier alpha value is -1.38. The second-order valence-corrected chi connectivity index (χ2v) is 5.27. The van der Waals surface area contributed by atoms with E-state index in [1.807, 2.05) is 24.3 Å². The van der Waals surface area contributed by atoms with E-state index < -0.39 is 0 Å². The van der Waals surface area contributed by atoms with Gasteiger partial charge in [-0.1, -0.05) is 43.6 Å². The summed E-state index contributed by atoms with van der Waals surface area (Å²) in [4.78, 5) is 0. The molecular weight excluding hydrogens is 261 g/mol. The van der Waals surface area contributed by atoms with Crippen LogP contribution in [0.15, 0.2) is 42.5 Å². The van der Waals surface area contributed by atoms with E-state index in [4.69, 9.17) is 11.6 Å². The lowest BCUT2D eigenvalue weighted by molar-refractivity contribution is 0.589. The molecule has 0 amide bonds. The van der Waals surface area contributed by atoms with Gasteiger partial charge in [-0.15, -0.1) is 0 Å². The van der Waals surface area contributed by atoms with E-state index in [0.717, 1.165) is 23.2 Å². The van der Waals surface area contributed by atoms with Crippen molar-refractivity contribution < 1.29 is 4.39 Å². The molecule has 100 valence electrons. The average Bonchev–Trinajstić information content (AvgIpc) is 2.39. The van der Waals surface area contributed by atoms with E-state index in [1.165, 1.54) is 12.1 Å². The monoisotopic (exact) mass is 277 g/mol. The number of hydrogen-bond acceptors (Lipinski definition) is 1. The van der Waals surface area contributed by atoms with E-state index in [1.54, 1.807) is 6.07 Å². The second-order valence-electron chi connectivity index (χ2n) is 4.86. The predicted molar refractivity (Wildman–Crippen MR) is 78.8 cm³/mol. The molecule has 0 aliphatic heterocycles. The van der Waals surface area contributed by atoms with Gasteiger partial charge in [-0.3, -0.25) is 0 Å². The summed E-state index contributed by atoms with van der Waals surface area (Å²) in [5, 5.41) is 3.92. The van der Waals surface area contributed by atoms with Crippen LogP contribution in [0.5, 0.6) is 0 Å². The van der Waals surface area contributed by atoms with Gasteiger partial charge in [0.05, 0.1) is 0 Å². The molecule has 0 saturated carbocycles. The summed E-state index contributed by atoms with van der Waals surface area (Å²) in [5.41, 5.74) is 2.83. The lowest BCUT2D eigenvalue weighted by Gasteiger charge is -2.10. The first-order chi connectivity index (χ1) is 9.06. The minimum Gasteiger partial charge on any atom is -0.310 e. The van der Waals surface area contributed by atoms with Crippen LogP contribution in [-0.4, -0.2) is 6.04 Å². The van der Waals surface area contributed by atoms with E-state index in [-0.39, 0.29) is 5.82 Å². The first kappa shape index (κ1) is 14.0. The van der Waals surface area contributed by atoms with Crippen LogP contribution >= 0.6 is 11.6 Å². The molecular formula is C16H17ClFN. The molecule has 0 atom stereocenters. The Labute approximate surface area is 118 Å². The molecule has 0 unspecified atom stereocenters. The van der Waals surface area contributed by atoms with Crippen molar-refractivity contribution in [1.82, 2.24) is 5.32 Å². The smallest absolute Gasteiger partial charge is 0.123 e. The van der Waals surface area contributed by atoms with Crippen molar-refractivity contribution in [2.75, 3.05) is 0 Å². The van der Waals surface area contributed by atoms with Gasteiger partial charge < -0.3 is 5.32 Å². The predicted octanol–water partition coefficient (Wildman–Crippen LogP) is 4.64. The minimum atomic E-state index is -0.273. The van der Waals surface area contributed by atoms with Gasteiger partial charge in [-0.05, 0) is 35.4 Å². The summed E-state index contributed by atoms with van der Waals surface area (Å²) in [6, 6.07) is 12.9. The van der Waals surface area contributed by atoms with Crippen molar-refractivity contribution in [1.29, 1.82) is 0 Å². The van der Waals surface area contributed by atoms with Crippen LogP contribution in [0.2, 0.25) is 5.02 Å². The van der Waals surface area contributed by atoms with Gasteiger partial charge in [0.25, 0.3) is 0 Å². The minimum absolute atomic E-state index is 0.273. The van der Waals surface area contributed by atoms with Crippen LogP contribution in [0.25, 0.3) is 11.1 Å². The number of halogens is 2. The van der Waals surface area contributed by atoms with E-state index in [2.05, 4.69) is 19.2 Å². The Bertz CT molecular complexity index is 566. The fourth-order valence-electron chi connectivity index (χ4n) is 1.89. The highest BCUT2D eigenvalue weighted by Crippen LogP contribution is 2.29. The van der Waals surface area contributed by atoms with Crippen LogP contribution in [0, 0.1) is 5.82 Å². The molecule has 2 rings (SSSR count). The second kappa shape index (κ2) is 6.18. The van der Waals surface area contributed by atoms with Gasteiger partial charge in [0.1, 0.15) is 5.82 Å². The summed E-state index contributed by atoms with van der Waals surface area (Å²) in [5.74, 6) is -0.273. The Morgan fingerprint density at radius 3 is 2.68 bits per heavy atom. The van der Waals surface area contributed by atoms with Gasteiger partial charge in [0, 0.05) is 23.2 Å². The molecule has 0 spiro atoms. The Morgan fingerprint density at radius 1 is 1.16 bits per heavy atom. The van der Waals surface area contributed by atoms with Crippen LogP contribution in [0.3, 0.4) is 0 Å². The third-order valence-electron chi connectivity index (χ3n) is 2.88. The lowest BCUT2D eigenvalue weighted by Crippen LogP contribution is -2.21. The van der Waals surface area contributed by atoms with Crippen LogP contribution in [0.4, 0.5) is 4.39 Å². The topological polar surface area (TPSA) is 12.0 Å². The van der Waals surface area contributed by atoms with Crippen molar-refractivity contribution >= 4 is 11.6 Å². The number of hydrogen-bond donors (Lipinski definition) is 1. The first-order valence-corrected chi connectivity index (χ1v) is 6.72. The molecule has 0 fully saturated rings. The van der Waals surface area contributed by atoms with E-state index in [0.29, 0.717) is 11.1 Å². The van der Waals surface area contributed by atoms with Gasteiger partial charge in [-0.2, -0.15) is 0 Å². The highest BCUT2D eigenvalue weighted by Gasteiger charge is 2.06. The van der Waals surface area contributed by atoms with Crippen LogP contribution in [0.1, 0.15) is 19.4 Å². The molecule has 3 heteroatoms. The van der Waals surface area contributed by atoms with Gasteiger partial charge >= 0.3 is 0 Å². The molecule has 0 bridgehead atoms. The van der Waals surface area contributed by atoms with Crippen LogP contribution in [-0.2, 0) is 6.54 Å².